The van der Waals surface area contributed by atoms with E-state index >= 15 is 0 Å². The first-order valence-electron chi connectivity index (χ1n) is 8.61. The van der Waals surface area contributed by atoms with Crippen LogP contribution in [0.5, 0.6) is 5.75 Å². The molecule has 2 aliphatic rings. The van der Waals surface area contributed by atoms with E-state index in [9.17, 15) is 0 Å². The maximum Gasteiger partial charge on any atom is 0.121 e. The molecule has 1 aromatic carbocycles. The first-order chi connectivity index (χ1) is 10.8. The highest BCUT2D eigenvalue weighted by atomic mass is 16.5. The second-order valence-corrected chi connectivity index (χ2v) is 6.78. The largest absolute Gasteiger partial charge is 0.497 e. The summed E-state index contributed by atoms with van der Waals surface area (Å²) in [6.07, 6.45) is 8.27. The predicted molar refractivity (Wildman–Crippen MR) is 88.4 cm³/mol. The van der Waals surface area contributed by atoms with E-state index in [1.165, 1.54) is 51.6 Å². The van der Waals surface area contributed by atoms with Gasteiger partial charge < -0.3 is 9.72 Å². The minimum absolute atomic E-state index is 0.556. The number of aromatic amines is 1. The molecule has 1 saturated carbocycles. The minimum Gasteiger partial charge on any atom is -0.497 e. The molecule has 4 heteroatoms. The van der Waals surface area contributed by atoms with Crippen molar-refractivity contribution in [1.82, 2.24) is 14.9 Å². The lowest BCUT2D eigenvalue weighted by Crippen LogP contribution is -2.34. The molecule has 1 atom stereocenters. The number of aromatic nitrogens is 2. The summed E-state index contributed by atoms with van der Waals surface area (Å²) in [5.41, 5.74) is 2.14. The molecule has 22 heavy (non-hydrogen) atoms. The quantitative estimate of drug-likeness (QED) is 0.939. The molecule has 1 aliphatic carbocycles. The lowest BCUT2D eigenvalue weighted by molar-refractivity contribution is 0.189. The number of nitrogens with one attached hydrogen (secondary N) is 1. The monoisotopic (exact) mass is 299 g/mol. The van der Waals surface area contributed by atoms with Gasteiger partial charge in [-0.15, -0.1) is 0 Å². The Labute approximate surface area is 131 Å². The molecule has 0 amide bonds. The van der Waals surface area contributed by atoms with Crippen LogP contribution in [-0.4, -0.2) is 41.1 Å². The molecule has 4 rings (SSSR count). The van der Waals surface area contributed by atoms with Gasteiger partial charge in [0, 0.05) is 24.6 Å². The van der Waals surface area contributed by atoms with Gasteiger partial charge in [-0.25, -0.2) is 4.98 Å². The Bertz CT molecular complexity index is 645. The number of imidazole rings is 1. The molecule has 1 saturated heterocycles. The fraction of sp³-hybridized carbons (Fsp3) is 0.611. The van der Waals surface area contributed by atoms with Crippen LogP contribution in [0.2, 0.25) is 0 Å². The Morgan fingerprint density at radius 2 is 2.05 bits per heavy atom. The molecule has 2 fully saturated rings. The van der Waals surface area contributed by atoms with Crippen molar-refractivity contribution >= 4 is 11.0 Å². The Hall–Kier alpha value is -1.55. The van der Waals surface area contributed by atoms with Crippen LogP contribution in [0.25, 0.3) is 11.0 Å². The third kappa shape index (κ3) is 2.60. The highest BCUT2D eigenvalue weighted by molar-refractivity contribution is 5.76. The van der Waals surface area contributed by atoms with Crippen LogP contribution in [0, 0.1) is 0 Å². The first kappa shape index (κ1) is 14.1. The molecule has 2 heterocycles. The van der Waals surface area contributed by atoms with E-state index in [-0.39, 0.29) is 0 Å². The summed E-state index contributed by atoms with van der Waals surface area (Å²) in [5.74, 6) is 2.60. The number of rotatable bonds is 3. The van der Waals surface area contributed by atoms with Gasteiger partial charge in [0.05, 0.1) is 18.1 Å². The maximum atomic E-state index is 5.30. The van der Waals surface area contributed by atoms with Gasteiger partial charge in [0.1, 0.15) is 11.6 Å². The van der Waals surface area contributed by atoms with Crippen molar-refractivity contribution < 1.29 is 4.74 Å². The Morgan fingerprint density at radius 1 is 1.18 bits per heavy atom. The van der Waals surface area contributed by atoms with Crippen LogP contribution in [-0.2, 0) is 0 Å². The normalized spacial score (nSPS) is 24.1. The molecule has 0 bridgehead atoms. The van der Waals surface area contributed by atoms with Gasteiger partial charge in [0.15, 0.2) is 0 Å². The Balaban J connectivity index is 1.50. The van der Waals surface area contributed by atoms with Crippen LogP contribution in [0.1, 0.15) is 50.3 Å². The van der Waals surface area contributed by atoms with Gasteiger partial charge in [-0.2, -0.15) is 0 Å². The van der Waals surface area contributed by atoms with Crippen LogP contribution < -0.4 is 4.74 Å². The van der Waals surface area contributed by atoms with Crippen molar-refractivity contribution in [3.05, 3.63) is 24.0 Å². The van der Waals surface area contributed by atoms with Crippen LogP contribution >= 0.6 is 0 Å². The van der Waals surface area contributed by atoms with Crippen LogP contribution in [0.15, 0.2) is 18.2 Å². The molecule has 0 spiro atoms. The van der Waals surface area contributed by atoms with E-state index in [2.05, 4.69) is 9.88 Å². The fourth-order valence-electron chi connectivity index (χ4n) is 4.12. The summed E-state index contributed by atoms with van der Waals surface area (Å²) in [7, 11) is 1.71. The maximum absolute atomic E-state index is 5.30. The second kappa shape index (κ2) is 5.92. The molecule has 4 nitrogen and oxygen atoms in total. The van der Waals surface area contributed by atoms with Crippen molar-refractivity contribution in [3.8, 4) is 5.75 Å². The minimum atomic E-state index is 0.556. The lowest BCUT2D eigenvalue weighted by Gasteiger charge is -2.30. The number of hydrogen-bond acceptors (Lipinski definition) is 3. The van der Waals surface area contributed by atoms with Gasteiger partial charge in [-0.05, 0) is 37.9 Å². The first-order valence-corrected chi connectivity index (χ1v) is 8.61. The molecular weight excluding hydrogens is 274 g/mol. The molecule has 0 unspecified atom stereocenters. The van der Waals surface area contributed by atoms with E-state index in [1.54, 1.807) is 7.11 Å². The highest BCUT2D eigenvalue weighted by Gasteiger charge is 2.31. The predicted octanol–water partition coefficient (Wildman–Crippen LogP) is 3.69. The summed E-state index contributed by atoms with van der Waals surface area (Å²) in [6, 6.07) is 6.89. The zero-order chi connectivity index (χ0) is 14.9. The van der Waals surface area contributed by atoms with Crippen molar-refractivity contribution in [1.29, 1.82) is 0 Å². The summed E-state index contributed by atoms with van der Waals surface area (Å²) in [5, 5.41) is 0. The Morgan fingerprint density at radius 3 is 2.86 bits per heavy atom. The number of hydrogen-bond donors (Lipinski definition) is 1. The molecule has 1 N–H and O–H groups in total. The summed E-state index contributed by atoms with van der Waals surface area (Å²) < 4.78 is 5.30. The van der Waals surface area contributed by atoms with Gasteiger partial charge in [0.25, 0.3) is 0 Å². The van der Waals surface area contributed by atoms with Gasteiger partial charge >= 0.3 is 0 Å². The van der Waals surface area contributed by atoms with Crippen molar-refractivity contribution in [2.75, 3.05) is 20.2 Å². The molecule has 1 aliphatic heterocycles. The molecule has 0 radical (unpaired) electrons. The molecule has 2 aromatic rings. The molecular formula is C18H25N3O. The average Bonchev–Trinajstić information content (AvgIpc) is 3.21. The summed E-state index contributed by atoms with van der Waals surface area (Å²) in [6.45, 7) is 2.40. The van der Waals surface area contributed by atoms with Crippen molar-refractivity contribution in [3.63, 3.8) is 0 Å². The average molecular weight is 299 g/mol. The number of benzene rings is 1. The molecule has 1 aromatic heterocycles. The van der Waals surface area contributed by atoms with Gasteiger partial charge in [-0.3, -0.25) is 4.90 Å². The van der Waals surface area contributed by atoms with Gasteiger partial charge in [0.2, 0.25) is 0 Å². The summed E-state index contributed by atoms with van der Waals surface area (Å²) >= 11 is 0. The lowest BCUT2D eigenvalue weighted by atomic mass is 9.94. The summed E-state index contributed by atoms with van der Waals surface area (Å²) in [4.78, 5) is 11.0. The number of methoxy groups -OCH3 is 1. The van der Waals surface area contributed by atoms with Crippen molar-refractivity contribution in [2.24, 2.45) is 0 Å². The van der Waals surface area contributed by atoms with Crippen LogP contribution in [0.4, 0.5) is 0 Å². The van der Waals surface area contributed by atoms with E-state index in [0.717, 1.165) is 28.6 Å². The standard InChI is InChI=1S/C18H25N3O/c1-22-15-7-8-16-17(11-15)20-18(19-16)13-9-10-21(12-13)14-5-3-2-4-6-14/h7-8,11,13-14H,2-6,9-10,12H2,1H3,(H,19,20)/t13-/m0/s1. The number of H-pyrrole nitrogens is 1. The third-order valence-corrected chi connectivity index (χ3v) is 5.40. The van der Waals surface area contributed by atoms with E-state index in [4.69, 9.17) is 9.72 Å². The number of nitrogens with zero attached hydrogens (tertiary/aromatic N) is 2. The topological polar surface area (TPSA) is 41.1 Å². The van der Waals surface area contributed by atoms with E-state index in [0.29, 0.717) is 5.92 Å². The smallest absolute Gasteiger partial charge is 0.121 e. The van der Waals surface area contributed by atoms with Crippen LogP contribution in [0.3, 0.4) is 0 Å². The zero-order valence-electron chi connectivity index (χ0n) is 13.3. The number of likely N-dealkylation sites (tertiary alicyclic amines) is 1. The third-order valence-electron chi connectivity index (χ3n) is 5.40. The SMILES string of the molecule is COc1ccc2nc([C@H]3CCN(C4CCCCC4)C3)[nH]c2c1. The van der Waals surface area contributed by atoms with E-state index < -0.39 is 0 Å². The zero-order valence-corrected chi connectivity index (χ0v) is 13.3. The van der Waals surface area contributed by atoms with Gasteiger partial charge in [-0.1, -0.05) is 19.3 Å². The fourth-order valence-corrected chi connectivity index (χ4v) is 4.12. The Kier molecular flexibility index (Phi) is 3.78. The molecule has 118 valence electrons. The van der Waals surface area contributed by atoms with E-state index in [1.807, 2.05) is 18.2 Å². The van der Waals surface area contributed by atoms with Crippen molar-refractivity contribution in [2.45, 2.75) is 50.5 Å². The highest BCUT2D eigenvalue weighted by Crippen LogP contribution is 2.32. The number of ether oxygens (including phenoxy) is 1. The number of fused-ring (bicyclic) bond motifs is 1. The second-order valence-electron chi connectivity index (χ2n) is 6.78.